The molecule has 0 unspecified atom stereocenters. The van der Waals surface area contributed by atoms with E-state index in [1.54, 1.807) is 14.2 Å². The summed E-state index contributed by atoms with van der Waals surface area (Å²) in [6, 6.07) is 7.94. The molecule has 1 heterocycles. The minimum absolute atomic E-state index is 0.196. The van der Waals surface area contributed by atoms with Crippen LogP contribution in [0.15, 0.2) is 29.4 Å². The van der Waals surface area contributed by atoms with Gasteiger partial charge in [-0.05, 0) is 49.9 Å². The van der Waals surface area contributed by atoms with Crippen molar-refractivity contribution in [1.82, 2.24) is 4.90 Å². The van der Waals surface area contributed by atoms with Gasteiger partial charge in [-0.3, -0.25) is 4.90 Å². The maximum atomic E-state index is 11.6. The highest BCUT2D eigenvalue weighted by Crippen LogP contribution is 2.39. The second kappa shape index (κ2) is 10.8. The van der Waals surface area contributed by atoms with E-state index in [-0.39, 0.29) is 12.1 Å². The Bertz CT molecular complexity index is 705. The summed E-state index contributed by atoms with van der Waals surface area (Å²) in [5, 5.41) is 4.55. The van der Waals surface area contributed by atoms with Gasteiger partial charge in [0.1, 0.15) is 11.5 Å². The zero-order chi connectivity index (χ0) is 21.4. The first kappa shape index (κ1) is 22.6. The van der Waals surface area contributed by atoms with Crippen molar-refractivity contribution in [2.45, 2.75) is 56.6 Å². The van der Waals surface area contributed by atoms with Gasteiger partial charge in [0.25, 0.3) is 0 Å². The molecule has 0 aromatic heterocycles. The number of carbonyl (C=O) groups excluding carboxylic acids is 1. The summed E-state index contributed by atoms with van der Waals surface area (Å²) in [7, 11) is 4.80. The molecule has 2 fully saturated rings. The Hall–Kier alpha value is -2.12. The lowest BCUT2D eigenvalue weighted by Crippen LogP contribution is -2.59. The number of hydrogen-bond donors (Lipinski definition) is 0. The van der Waals surface area contributed by atoms with Crippen molar-refractivity contribution < 1.29 is 23.8 Å². The minimum atomic E-state index is -0.438. The smallest absolute Gasteiger partial charge is 0.346 e. The van der Waals surface area contributed by atoms with Crippen molar-refractivity contribution in [2.24, 2.45) is 5.16 Å². The second-order valence-electron chi connectivity index (χ2n) is 8.03. The molecule has 1 aliphatic heterocycles. The Morgan fingerprint density at radius 3 is 2.30 bits per heavy atom. The zero-order valence-corrected chi connectivity index (χ0v) is 18.4. The number of likely N-dealkylation sites (tertiary alicyclic amines) is 1. The van der Waals surface area contributed by atoms with Gasteiger partial charge in [-0.1, -0.05) is 24.4 Å². The number of piperidine rings is 1. The van der Waals surface area contributed by atoms with Crippen molar-refractivity contribution in [2.75, 3.05) is 41.0 Å². The van der Waals surface area contributed by atoms with Crippen LogP contribution in [0.3, 0.4) is 0 Å². The lowest BCUT2D eigenvalue weighted by atomic mass is 9.74. The molecule has 0 atom stereocenters. The fourth-order valence-electron chi connectivity index (χ4n) is 4.72. The highest BCUT2D eigenvalue weighted by atomic mass is 16.6. The summed E-state index contributed by atoms with van der Waals surface area (Å²) in [6.45, 7) is 1.73. The number of nitrogens with zero attached hydrogens (tertiary/aromatic N) is 2. The first-order valence-electron chi connectivity index (χ1n) is 10.8. The van der Waals surface area contributed by atoms with Crippen LogP contribution in [0.4, 0.5) is 0 Å². The van der Waals surface area contributed by atoms with Crippen molar-refractivity contribution in [3.05, 3.63) is 29.8 Å². The third-order valence-corrected chi connectivity index (χ3v) is 6.43. The molecule has 0 radical (unpaired) electrons. The third kappa shape index (κ3) is 5.13. The van der Waals surface area contributed by atoms with E-state index >= 15 is 0 Å². The van der Waals surface area contributed by atoms with Crippen molar-refractivity contribution in [1.29, 1.82) is 0 Å². The molecule has 1 aromatic carbocycles. The van der Waals surface area contributed by atoms with Gasteiger partial charge in [-0.2, -0.15) is 0 Å². The van der Waals surface area contributed by atoms with E-state index < -0.39 is 5.97 Å². The predicted molar refractivity (Wildman–Crippen MR) is 115 cm³/mol. The fourth-order valence-corrected chi connectivity index (χ4v) is 4.72. The molecule has 0 amide bonds. The average Bonchev–Trinajstić information content (AvgIpc) is 2.82. The van der Waals surface area contributed by atoms with E-state index in [0.717, 1.165) is 68.6 Å². The van der Waals surface area contributed by atoms with Crippen LogP contribution in [0.25, 0.3) is 0 Å². The van der Waals surface area contributed by atoms with Gasteiger partial charge in [0.15, 0.2) is 0 Å². The lowest BCUT2D eigenvalue weighted by molar-refractivity contribution is -0.145. The monoisotopic (exact) mass is 418 g/mol. The maximum Gasteiger partial charge on any atom is 0.346 e. The first-order chi connectivity index (χ1) is 14.6. The molecule has 0 spiro atoms. The molecule has 3 rings (SSSR count). The van der Waals surface area contributed by atoms with Gasteiger partial charge < -0.3 is 19.0 Å². The molecule has 1 aromatic rings. The van der Waals surface area contributed by atoms with Crippen LogP contribution in [0, 0.1) is 0 Å². The molecule has 7 nitrogen and oxygen atoms in total. The number of ether oxygens (including phenoxy) is 3. The second-order valence-corrected chi connectivity index (χ2v) is 8.03. The van der Waals surface area contributed by atoms with Gasteiger partial charge in [-0.15, -0.1) is 0 Å². The Balaban J connectivity index is 1.95. The Morgan fingerprint density at radius 1 is 1.07 bits per heavy atom. The highest BCUT2D eigenvalue weighted by Gasteiger charge is 2.44. The normalized spacial score (nSPS) is 20.6. The maximum absolute atomic E-state index is 11.6. The molecule has 166 valence electrons. The van der Waals surface area contributed by atoms with Gasteiger partial charge in [0.05, 0.1) is 25.9 Å². The van der Waals surface area contributed by atoms with Crippen molar-refractivity contribution in [3.63, 3.8) is 0 Å². The van der Waals surface area contributed by atoms with Crippen LogP contribution in [-0.4, -0.2) is 69.2 Å². The zero-order valence-electron chi connectivity index (χ0n) is 18.4. The number of benzene rings is 1. The van der Waals surface area contributed by atoms with E-state index in [1.807, 2.05) is 24.3 Å². The number of hydrogen-bond acceptors (Lipinski definition) is 7. The number of oxime groups is 1. The average molecular weight is 419 g/mol. The van der Waals surface area contributed by atoms with Gasteiger partial charge in [0, 0.05) is 25.8 Å². The van der Waals surface area contributed by atoms with Crippen molar-refractivity contribution in [3.8, 4) is 5.75 Å². The Labute approximate surface area is 179 Å². The van der Waals surface area contributed by atoms with Gasteiger partial charge in [0.2, 0.25) is 6.61 Å². The molecule has 1 saturated heterocycles. The quantitative estimate of drug-likeness (QED) is 0.366. The molecule has 0 bridgehead atoms. The third-order valence-electron chi connectivity index (χ3n) is 6.43. The number of rotatable bonds is 8. The van der Waals surface area contributed by atoms with Crippen LogP contribution in [0.2, 0.25) is 0 Å². The molecule has 2 aliphatic rings. The Kier molecular flexibility index (Phi) is 8.10. The molecular formula is C23H34N2O5. The van der Waals surface area contributed by atoms with Crippen molar-refractivity contribution >= 4 is 11.7 Å². The molecule has 1 saturated carbocycles. The summed E-state index contributed by atoms with van der Waals surface area (Å²) < 4.78 is 15.6. The van der Waals surface area contributed by atoms with Crippen LogP contribution in [-0.2, 0) is 19.1 Å². The molecular weight excluding hydrogens is 384 g/mol. The van der Waals surface area contributed by atoms with Crippen LogP contribution in [0.1, 0.15) is 50.5 Å². The molecule has 0 N–H and O–H groups in total. The van der Waals surface area contributed by atoms with E-state index in [9.17, 15) is 4.79 Å². The summed E-state index contributed by atoms with van der Waals surface area (Å²) in [6.07, 6.45) is 7.92. The standard InChI is InChI=1S/C23H34N2O5/c1-27-19-9-7-18(8-10-19)22(24-30-17-21(26)29-3)23(13-5-4-6-14-23)25-15-11-20(28-2)12-16-25/h7-10,20H,4-6,11-17H2,1-3H3. The lowest BCUT2D eigenvalue weighted by Gasteiger charge is -2.49. The fraction of sp³-hybridized carbons (Fsp3) is 0.652. The largest absolute Gasteiger partial charge is 0.497 e. The molecule has 7 heteroatoms. The highest BCUT2D eigenvalue weighted by molar-refractivity contribution is 6.07. The predicted octanol–water partition coefficient (Wildman–Crippen LogP) is 3.40. The van der Waals surface area contributed by atoms with Gasteiger partial charge >= 0.3 is 5.97 Å². The summed E-state index contributed by atoms with van der Waals surface area (Å²) in [5.74, 6) is 0.360. The van der Waals surface area contributed by atoms with Crippen LogP contribution in [0.5, 0.6) is 5.75 Å². The number of carbonyl (C=O) groups is 1. The summed E-state index contributed by atoms with van der Waals surface area (Å²) in [4.78, 5) is 19.6. The van der Waals surface area contributed by atoms with E-state index in [2.05, 4.69) is 10.1 Å². The van der Waals surface area contributed by atoms with Gasteiger partial charge in [-0.25, -0.2) is 4.79 Å². The molecule has 1 aliphatic carbocycles. The van der Waals surface area contributed by atoms with E-state index in [1.165, 1.54) is 13.5 Å². The number of esters is 1. The molecule has 30 heavy (non-hydrogen) atoms. The Morgan fingerprint density at radius 2 is 1.73 bits per heavy atom. The van der Waals surface area contributed by atoms with Crippen LogP contribution < -0.4 is 4.74 Å². The number of methoxy groups -OCH3 is 3. The van der Waals surface area contributed by atoms with E-state index in [0.29, 0.717) is 6.10 Å². The van der Waals surface area contributed by atoms with Crippen LogP contribution >= 0.6 is 0 Å². The summed E-state index contributed by atoms with van der Waals surface area (Å²) in [5.41, 5.74) is 1.68. The topological polar surface area (TPSA) is 69.6 Å². The first-order valence-corrected chi connectivity index (χ1v) is 10.8. The minimum Gasteiger partial charge on any atom is -0.497 e. The summed E-state index contributed by atoms with van der Waals surface area (Å²) >= 11 is 0. The SMILES string of the molecule is COC(=O)CON=C(c1ccc(OC)cc1)C1(N2CCC(OC)CC2)CCCCC1. The van der Waals surface area contributed by atoms with E-state index in [4.69, 9.17) is 19.0 Å².